The Kier molecular flexibility index (Phi) is 6.39. The first-order chi connectivity index (χ1) is 13.8. The molecule has 2 aromatic rings. The number of methoxy groups -OCH3 is 1. The standard InChI is InChI=1S/C20H15Cl2F2NO4/c1-3-4-28-18-13(22)5-10(7-17(18)27-2)6-16-20(26)29-19(25-16)11-8-14(23)15(24)9-12(11)21/h5-9H,3-4H2,1-2H3. The van der Waals surface area contributed by atoms with Crippen LogP contribution in [-0.2, 0) is 9.53 Å². The van der Waals surface area contributed by atoms with Gasteiger partial charge in [0, 0.05) is 0 Å². The molecule has 9 heteroatoms. The Labute approximate surface area is 175 Å². The second-order valence-corrected chi connectivity index (χ2v) is 6.78. The Morgan fingerprint density at radius 1 is 1.14 bits per heavy atom. The number of nitrogens with zero attached hydrogens (tertiary/aromatic N) is 1. The summed E-state index contributed by atoms with van der Waals surface area (Å²) in [4.78, 5) is 16.2. The molecule has 0 atom stereocenters. The minimum Gasteiger partial charge on any atom is -0.493 e. The Morgan fingerprint density at radius 2 is 1.86 bits per heavy atom. The summed E-state index contributed by atoms with van der Waals surface area (Å²) in [6.45, 7) is 2.42. The summed E-state index contributed by atoms with van der Waals surface area (Å²) in [5.41, 5.74) is 0.395. The van der Waals surface area contributed by atoms with Crippen molar-refractivity contribution in [1.29, 1.82) is 0 Å². The first kappa shape index (κ1) is 21.1. The molecule has 0 aliphatic carbocycles. The molecule has 1 aliphatic heterocycles. The normalized spacial score (nSPS) is 14.8. The van der Waals surface area contributed by atoms with Gasteiger partial charge in [-0.3, -0.25) is 0 Å². The lowest BCUT2D eigenvalue weighted by atomic mass is 10.1. The fourth-order valence-electron chi connectivity index (χ4n) is 2.54. The zero-order valence-electron chi connectivity index (χ0n) is 15.4. The number of hydrogen-bond donors (Lipinski definition) is 0. The Hall–Kier alpha value is -2.64. The van der Waals surface area contributed by atoms with Crippen LogP contribution < -0.4 is 9.47 Å². The van der Waals surface area contributed by atoms with E-state index in [0.717, 1.165) is 18.6 Å². The first-order valence-electron chi connectivity index (χ1n) is 8.51. The maximum absolute atomic E-state index is 13.5. The number of rotatable bonds is 6. The molecule has 1 aliphatic rings. The van der Waals surface area contributed by atoms with E-state index in [-0.39, 0.29) is 22.2 Å². The summed E-state index contributed by atoms with van der Waals surface area (Å²) in [5, 5.41) is 0.155. The van der Waals surface area contributed by atoms with Crippen molar-refractivity contribution in [3.63, 3.8) is 0 Å². The fourth-order valence-corrected chi connectivity index (χ4v) is 3.04. The zero-order valence-corrected chi connectivity index (χ0v) is 16.9. The zero-order chi connectivity index (χ0) is 21.1. The molecule has 0 aromatic heterocycles. The largest absolute Gasteiger partial charge is 0.493 e. The number of benzene rings is 2. The quantitative estimate of drug-likeness (QED) is 0.341. The van der Waals surface area contributed by atoms with Crippen molar-refractivity contribution >= 4 is 41.1 Å². The molecule has 2 aromatic carbocycles. The number of aliphatic imine (C=N–C) groups is 1. The summed E-state index contributed by atoms with van der Waals surface area (Å²) < 4.78 is 42.7. The smallest absolute Gasteiger partial charge is 0.363 e. The fraction of sp³-hybridized carbons (Fsp3) is 0.200. The van der Waals surface area contributed by atoms with Gasteiger partial charge in [0.1, 0.15) is 0 Å². The molecule has 0 fully saturated rings. The third-order valence-corrected chi connectivity index (χ3v) is 4.46. The van der Waals surface area contributed by atoms with Crippen LogP contribution in [0.5, 0.6) is 11.5 Å². The second kappa shape index (κ2) is 8.80. The van der Waals surface area contributed by atoms with Crippen LogP contribution in [0.4, 0.5) is 8.78 Å². The SMILES string of the molecule is CCCOc1c(Cl)cc(C=C2N=C(c3cc(F)c(F)cc3Cl)OC2=O)cc1OC. The molecule has 29 heavy (non-hydrogen) atoms. The maximum Gasteiger partial charge on any atom is 0.363 e. The van der Waals surface area contributed by atoms with E-state index < -0.39 is 17.6 Å². The molecule has 1 heterocycles. The van der Waals surface area contributed by atoms with Crippen LogP contribution in [0.25, 0.3) is 6.08 Å². The average Bonchev–Trinajstić information content (AvgIpc) is 3.03. The van der Waals surface area contributed by atoms with Crippen LogP contribution in [0.1, 0.15) is 24.5 Å². The molecule has 152 valence electrons. The third-order valence-electron chi connectivity index (χ3n) is 3.87. The highest BCUT2D eigenvalue weighted by atomic mass is 35.5. The van der Waals surface area contributed by atoms with Crippen LogP contribution in [0.15, 0.2) is 35.0 Å². The Morgan fingerprint density at radius 3 is 2.55 bits per heavy atom. The highest BCUT2D eigenvalue weighted by Crippen LogP contribution is 2.37. The van der Waals surface area contributed by atoms with Crippen molar-refractivity contribution in [1.82, 2.24) is 0 Å². The monoisotopic (exact) mass is 441 g/mol. The van der Waals surface area contributed by atoms with Gasteiger partial charge in [0.25, 0.3) is 0 Å². The molecular formula is C20H15Cl2F2NO4. The van der Waals surface area contributed by atoms with Crippen LogP contribution >= 0.6 is 23.2 Å². The van der Waals surface area contributed by atoms with Crippen LogP contribution in [0.3, 0.4) is 0 Å². The summed E-state index contributed by atoms with van der Waals surface area (Å²) in [7, 11) is 1.46. The van der Waals surface area contributed by atoms with Crippen molar-refractivity contribution in [3.8, 4) is 11.5 Å². The molecule has 0 amide bonds. The van der Waals surface area contributed by atoms with E-state index in [1.54, 1.807) is 12.1 Å². The lowest BCUT2D eigenvalue weighted by molar-refractivity contribution is -0.129. The van der Waals surface area contributed by atoms with Crippen molar-refractivity contribution < 1.29 is 27.8 Å². The predicted molar refractivity (Wildman–Crippen MR) is 106 cm³/mol. The molecular weight excluding hydrogens is 427 g/mol. The van der Waals surface area contributed by atoms with E-state index in [9.17, 15) is 13.6 Å². The van der Waals surface area contributed by atoms with Gasteiger partial charge in [0.05, 0.1) is 29.3 Å². The Bertz CT molecular complexity index is 1040. The van der Waals surface area contributed by atoms with E-state index in [4.69, 9.17) is 37.4 Å². The third kappa shape index (κ3) is 4.52. The lowest BCUT2D eigenvalue weighted by Gasteiger charge is -2.12. The molecule has 5 nitrogen and oxygen atoms in total. The van der Waals surface area contributed by atoms with Gasteiger partial charge >= 0.3 is 5.97 Å². The van der Waals surface area contributed by atoms with Gasteiger partial charge in [0.15, 0.2) is 28.8 Å². The van der Waals surface area contributed by atoms with E-state index >= 15 is 0 Å². The van der Waals surface area contributed by atoms with Crippen LogP contribution in [0.2, 0.25) is 10.0 Å². The van der Waals surface area contributed by atoms with Gasteiger partial charge in [-0.15, -0.1) is 0 Å². The van der Waals surface area contributed by atoms with E-state index in [2.05, 4.69) is 4.99 Å². The number of hydrogen-bond acceptors (Lipinski definition) is 5. The van der Waals surface area contributed by atoms with Gasteiger partial charge in [-0.2, -0.15) is 0 Å². The Balaban J connectivity index is 1.97. The number of carbonyl (C=O) groups excluding carboxylic acids is 1. The van der Waals surface area contributed by atoms with Gasteiger partial charge in [-0.25, -0.2) is 18.6 Å². The minimum absolute atomic E-state index is 0.0405. The highest BCUT2D eigenvalue weighted by molar-refractivity contribution is 6.34. The molecule has 0 bridgehead atoms. The van der Waals surface area contributed by atoms with E-state index in [1.807, 2.05) is 6.92 Å². The van der Waals surface area contributed by atoms with Crippen molar-refractivity contribution in [2.45, 2.75) is 13.3 Å². The van der Waals surface area contributed by atoms with Crippen molar-refractivity contribution in [2.75, 3.05) is 13.7 Å². The van der Waals surface area contributed by atoms with Gasteiger partial charge < -0.3 is 14.2 Å². The molecule has 0 unspecified atom stereocenters. The van der Waals surface area contributed by atoms with Crippen molar-refractivity contribution in [2.24, 2.45) is 4.99 Å². The van der Waals surface area contributed by atoms with E-state index in [1.165, 1.54) is 13.2 Å². The summed E-state index contributed by atoms with van der Waals surface area (Å²) in [6, 6.07) is 4.79. The maximum atomic E-state index is 13.5. The van der Waals surface area contributed by atoms with Gasteiger partial charge in [-0.1, -0.05) is 30.1 Å². The van der Waals surface area contributed by atoms with Crippen molar-refractivity contribution in [3.05, 3.63) is 62.8 Å². The topological polar surface area (TPSA) is 57.1 Å². The molecule has 0 N–H and O–H groups in total. The average molecular weight is 442 g/mol. The molecule has 0 saturated heterocycles. The van der Waals surface area contributed by atoms with Gasteiger partial charge in [0.2, 0.25) is 5.90 Å². The number of carbonyl (C=O) groups is 1. The summed E-state index contributed by atoms with van der Waals surface area (Å²) in [5.74, 6) is -2.48. The summed E-state index contributed by atoms with van der Waals surface area (Å²) in [6.07, 6.45) is 2.21. The van der Waals surface area contributed by atoms with E-state index in [0.29, 0.717) is 28.7 Å². The highest BCUT2D eigenvalue weighted by Gasteiger charge is 2.27. The molecule has 3 rings (SSSR count). The number of halogens is 4. The predicted octanol–water partition coefficient (Wildman–Crippen LogP) is 5.41. The molecule has 0 radical (unpaired) electrons. The minimum atomic E-state index is -1.14. The van der Waals surface area contributed by atoms with Crippen LogP contribution in [-0.4, -0.2) is 25.6 Å². The number of ether oxygens (including phenoxy) is 3. The number of esters is 1. The summed E-state index contributed by atoms with van der Waals surface area (Å²) >= 11 is 12.2. The first-order valence-corrected chi connectivity index (χ1v) is 9.27. The molecule has 0 spiro atoms. The van der Waals surface area contributed by atoms with Crippen LogP contribution in [0, 0.1) is 11.6 Å². The number of cyclic esters (lactones) is 1. The van der Waals surface area contributed by atoms with Gasteiger partial charge in [-0.05, 0) is 42.3 Å². The second-order valence-electron chi connectivity index (χ2n) is 5.96. The lowest BCUT2D eigenvalue weighted by Crippen LogP contribution is -2.07. The molecule has 0 saturated carbocycles.